The zero-order valence-electron chi connectivity index (χ0n) is 20.0. The number of anilines is 1. The molecule has 186 valence electrons. The zero-order valence-corrected chi connectivity index (χ0v) is 21.6. The first kappa shape index (κ1) is 25.3. The van der Waals surface area contributed by atoms with E-state index in [4.69, 9.17) is 0 Å². The van der Waals surface area contributed by atoms with Gasteiger partial charge in [-0.25, -0.2) is 0 Å². The minimum Gasteiger partial charge on any atom is -0.327 e. The van der Waals surface area contributed by atoms with Gasteiger partial charge in [0.1, 0.15) is 0 Å². The molecule has 0 atom stereocenters. The standard InChI is InChI=1S/C25H28N2O6S2/c1-24(2)18-10-5-7-12-20(18)26(16-34(28,29)30)22(24)14-9-15-23-25(3,4)19-11-6-8-13-21(19)27(23)17-35(31,32)33/h5-15H,16-17H2,1-4H3,(H-,28,29,30,31,32,33)/p+1. The predicted molar refractivity (Wildman–Crippen MR) is 136 cm³/mol. The van der Waals surface area contributed by atoms with Gasteiger partial charge in [-0.15, -0.1) is 0 Å². The normalized spacial score (nSPS) is 20.1. The number of benzene rings is 2. The highest BCUT2D eigenvalue weighted by Gasteiger charge is 2.45. The highest BCUT2D eigenvalue weighted by atomic mass is 32.2. The van der Waals surface area contributed by atoms with Gasteiger partial charge in [-0.3, -0.25) is 9.11 Å². The van der Waals surface area contributed by atoms with Gasteiger partial charge >= 0.3 is 10.1 Å². The van der Waals surface area contributed by atoms with Crippen LogP contribution < -0.4 is 4.90 Å². The Hall–Kier alpha value is -2.79. The number of allylic oxidation sites excluding steroid dienone is 4. The first-order valence-corrected chi connectivity index (χ1v) is 14.3. The smallest absolute Gasteiger partial charge is 0.326 e. The van der Waals surface area contributed by atoms with Gasteiger partial charge in [0.25, 0.3) is 16.0 Å². The van der Waals surface area contributed by atoms with E-state index in [1.165, 1.54) is 0 Å². The third-order valence-electron chi connectivity index (χ3n) is 6.69. The molecule has 0 amide bonds. The number of hydrogen-bond acceptors (Lipinski definition) is 5. The molecule has 2 heterocycles. The molecule has 0 bridgehead atoms. The van der Waals surface area contributed by atoms with Crippen LogP contribution in [0.4, 0.5) is 11.4 Å². The number of hydrogen-bond donors (Lipinski definition) is 2. The van der Waals surface area contributed by atoms with Gasteiger partial charge in [-0.1, -0.05) is 56.3 Å². The lowest BCUT2D eigenvalue weighted by Crippen LogP contribution is -2.31. The summed E-state index contributed by atoms with van der Waals surface area (Å²) in [6.45, 7) is 7.90. The third-order valence-corrected chi connectivity index (χ3v) is 7.86. The second kappa shape index (κ2) is 8.41. The Morgan fingerprint density at radius 2 is 1.46 bits per heavy atom. The van der Waals surface area contributed by atoms with Crippen LogP contribution in [0.15, 0.2) is 72.5 Å². The Kier molecular flexibility index (Phi) is 6.08. The van der Waals surface area contributed by atoms with Gasteiger partial charge in [-0.05, 0) is 31.6 Å². The van der Waals surface area contributed by atoms with Crippen LogP contribution in [-0.2, 0) is 31.1 Å². The van der Waals surface area contributed by atoms with Gasteiger partial charge in [0.15, 0.2) is 11.6 Å². The summed E-state index contributed by atoms with van der Waals surface area (Å²) in [5, 5.41) is 0. The maximum Gasteiger partial charge on any atom is 0.326 e. The Morgan fingerprint density at radius 3 is 2.09 bits per heavy atom. The third kappa shape index (κ3) is 4.71. The van der Waals surface area contributed by atoms with E-state index >= 15 is 0 Å². The Bertz CT molecular complexity index is 1500. The molecule has 0 spiro atoms. The summed E-state index contributed by atoms with van der Waals surface area (Å²) >= 11 is 0. The van der Waals surface area contributed by atoms with E-state index in [0.29, 0.717) is 22.8 Å². The second-order valence-electron chi connectivity index (χ2n) is 9.86. The molecule has 2 aliphatic rings. The van der Waals surface area contributed by atoms with Crippen molar-refractivity contribution in [1.29, 1.82) is 0 Å². The average molecular weight is 518 g/mol. The topological polar surface area (TPSA) is 115 Å². The zero-order chi connectivity index (χ0) is 25.8. The van der Waals surface area contributed by atoms with Crippen molar-refractivity contribution >= 4 is 37.3 Å². The van der Waals surface area contributed by atoms with E-state index in [-0.39, 0.29) is 0 Å². The lowest BCUT2D eigenvalue weighted by atomic mass is 9.81. The second-order valence-corrected chi connectivity index (χ2v) is 12.7. The van der Waals surface area contributed by atoms with Crippen LogP contribution in [0.3, 0.4) is 0 Å². The van der Waals surface area contributed by atoms with Crippen LogP contribution in [0, 0.1) is 0 Å². The molecule has 2 N–H and O–H groups in total. The van der Waals surface area contributed by atoms with Gasteiger partial charge in [0.05, 0.1) is 5.41 Å². The molecular formula is C25H29N2O6S2+. The maximum absolute atomic E-state index is 11.8. The van der Waals surface area contributed by atoms with E-state index in [1.54, 1.807) is 27.7 Å². The van der Waals surface area contributed by atoms with Crippen LogP contribution in [0.2, 0.25) is 0 Å². The molecule has 0 radical (unpaired) electrons. The summed E-state index contributed by atoms with van der Waals surface area (Å²) in [5.74, 6) is -1.18. The van der Waals surface area contributed by atoms with Crippen molar-refractivity contribution in [1.82, 2.24) is 0 Å². The number of nitrogens with zero attached hydrogens (tertiary/aromatic N) is 2. The summed E-state index contributed by atoms with van der Waals surface area (Å²) in [6.07, 6.45) is 5.31. The molecule has 0 unspecified atom stereocenters. The van der Waals surface area contributed by atoms with E-state index in [9.17, 15) is 25.9 Å². The highest BCUT2D eigenvalue weighted by Crippen LogP contribution is 2.47. The van der Waals surface area contributed by atoms with Crippen LogP contribution >= 0.6 is 0 Å². The lowest BCUT2D eigenvalue weighted by Gasteiger charge is -2.25. The van der Waals surface area contributed by atoms with Gasteiger partial charge in [0.2, 0.25) is 5.69 Å². The van der Waals surface area contributed by atoms with E-state index in [2.05, 4.69) is 0 Å². The molecule has 35 heavy (non-hydrogen) atoms. The first-order chi connectivity index (χ1) is 16.1. The van der Waals surface area contributed by atoms with Crippen molar-refractivity contribution < 1.29 is 30.5 Å². The molecule has 2 aromatic rings. The maximum atomic E-state index is 11.8. The average Bonchev–Trinajstić information content (AvgIpc) is 3.07. The molecule has 0 aromatic heterocycles. The van der Waals surface area contributed by atoms with Crippen molar-refractivity contribution in [2.24, 2.45) is 0 Å². The summed E-state index contributed by atoms with van der Waals surface area (Å²) < 4.78 is 68.0. The van der Waals surface area contributed by atoms with Crippen molar-refractivity contribution in [3.8, 4) is 0 Å². The molecular weight excluding hydrogens is 488 g/mol. The fourth-order valence-corrected chi connectivity index (χ4v) is 6.33. The van der Waals surface area contributed by atoms with Crippen LogP contribution in [0.1, 0.15) is 38.8 Å². The number of para-hydroxylation sites is 2. The molecule has 4 rings (SSSR count). The highest BCUT2D eigenvalue weighted by molar-refractivity contribution is 7.86. The Balaban J connectivity index is 1.83. The SMILES string of the molecule is CC1(C)C(=CC=CC2=[N+](CS(=O)(=O)O)c3ccccc3C2(C)C)N(CS(=O)(=O)O)c2ccccc21. The minimum atomic E-state index is -4.30. The molecule has 0 fully saturated rings. The van der Waals surface area contributed by atoms with Crippen molar-refractivity contribution in [2.45, 2.75) is 38.5 Å². The quantitative estimate of drug-likeness (QED) is 0.440. The summed E-state index contributed by atoms with van der Waals surface area (Å²) in [6, 6.07) is 14.9. The van der Waals surface area contributed by atoms with Crippen molar-refractivity contribution in [2.75, 3.05) is 16.7 Å². The van der Waals surface area contributed by atoms with Crippen molar-refractivity contribution in [3.63, 3.8) is 0 Å². The Morgan fingerprint density at radius 1 is 0.857 bits per heavy atom. The molecule has 8 nitrogen and oxygen atoms in total. The van der Waals surface area contributed by atoms with Gasteiger partial charge in [-0.2, -0.15) is 21.4 Å². The molecule has 0 saturated heterocycles. The van der Waals surface area contributed by atoms with Crippen LogP contribution in [0.5, 0.6) is 0 Å². The fraction of sp³-hybridized carbons (Fsp3) is 0.320. The number of rotatable bonds is 6. The van der Waals surface area contributed by atoms with Crippen molar-refractivity contribution in [3.05, 3.63) is 83.6 Å². The molecule has 0 saturated carbocycles. The molecule has 2 aliphatic heterocycles. The van der Waals surface area contributed by atoms with Gasteiger partial charge in [0, 0.05) is 34.5 Å². The Labute approximate surface area is 206 Å². The summed E-state index contributed by atoms with van der Waals surface area (Å²) in [5.41, 5.74) is 3.51. The molecule has 2 aromatic carbocycles. The van der Waals surface area contributed by atoms with Crippen LogP contribution in [0.25, 0.3) is 0 Å². The van der Waals surface area contributed by atoms with E-state index < -0.39 is 42.8 Å². The predicted octanol–water partition coefficient (Wildman–Crippen LogP) is 3.99. The van der Waals surface area contributed by atoms with Gasteiger partial charge < -0.3 is 4.90 Å². The first-order valence-electron chi connectivity index (χ1n) is 11.0. The lowest BCUT2D eigenvalue weighted by molar-refractivity contribution is -0.416. The monoisotopic (exact) mass is 517 g/mol. The number of fused-ring (bicyclic) bond motifs is 2. The summed E-state index contributed by atoms with van der Waals surface area (Å²) in [4.78, 5) is 1.57. The van der Waals surface area contributed by atoms with E-state index in [1.807, 2.05) is 76.2 Å². The largest absolute Gasteiger partial charge is 0.327 e. The molecule has 0 aliphatic carbocycles. The fourth-order valence-electron chi connectivity index (χ4n) is 5.12. The summed E-state index contributed by atoms with van der Waals surface area (Å²) in [7, 11) is -8.61. The van der Waals surface area contributed by atoms with Crippen LogP contribution in [-0.4, -0.2) is 48.0 Å². The van der Waals surface area contributed by atoms with E-state index in [0.717, 1.165) is 11.1 Å². The minimum absolute atomic E-state index is 0.543. The molecule has 10 heteroatoms.